The monoisotopic (exact) mass is 435 g/mol. The highest BCUT2D eigenvalue weighted by Gasteiger charge is 2.39. The Balaban J connectivity index is 2.41. The number of aryl methyl sites for hydroxylation is 1. The Morgan fingerprint density at radius 2 is 1.92 bits per heavy atom. The van der Waals surface area contributed by atoms with Crippen LogP contribution in [0.2, 0.25) is 5.02 Å². The molecule has 2 aromatic carbocycles. The van der Waals surface area contributed by atoms with Crippen LogP contribution in [0.1, 0.15) is 28.2 Å². The Morgan fingerprint density at radius 3 is 2.44 bits per heavy atom. The van der Waals surface area contributed by atoms with Gasteiger partial charge in [0.1, 0.15) is 5.82 Å². The molecule has 0 aliphatic rings. The lowest BCUT2D eigenvalue weighted by Gasteiger charge is -2.18. The van der Waals surface area contributed by atoms with Crippen molar-refractivity contribution in [3.05, 3.63) is 74.0 Å². The molecule has 0 aliphatic carbocycles. The van der Waals surface area contributed by atoms with Gasteiger partial charge in [0.15, 0.2) is 0 Å². The molecule has 0 aromatic heterocycles. The van der Waals surface area contributed by atoms with Gasteiger partial charge in [-0.15, -0.1) is 0 Å². The maximum atomic E-state index is 13.6. The van der Waals surface area contributed by atoms with E-state index in [1.54, 1.807) is 18.2 Å². The van der Waals surface area contributed by atoms with Gasteiger partial charge in [0.25, 0.3) is 0 Å². The van der Waals surface area contributed by atoms with Crippen LogP contribution >= 0.6 is 27.5 Å². The molecule has 2 rings (SSSR count). The molecular formula is C18H15BrClF4N. The van der Waals surface area contributed by atoms with E-state index in [1.165, 1.54) is 13.0 Å². The highest BCUT2D eigenvalue weighted by molar-refractivity contribution is 9.10. The summed E-state index contributed by atoms with van der Waals surface area (Å²) >= 11 is 9.03. The van der Waals surface area contributed by atoms with Gasteiger partial charge < -0.3 is 5.73 Å². The fourth-order valence-electron chi connectivity index (χ4n) is 2.38. The zero-order valence-corrected chi connectivity index (χ0v) is 15.5. The van der Waals surface area contributed by atoms with Gasteiger partial charge in [0.05, 0.1) is 10.9 Å². The van der Waals surface area contributed by atoms with E-state index in [0.717, 1.165) is 28.2 Å². The molecule has 0 fully saturated rings. The molecule has 7 heteroatoms. The molecule has 2 N–H and O–H groups in total. The number of hydrogen-bond acceptors (Lipinski definition) is 1. The van der Waals surface area contributed by atoms with Crippen molar-refractivity contribution >= 4 is 33.6 Å². The van der Waals surface area contributed by atoms with Crippen molar-refractivity contribution in [2.45, 2.75) is 25.6 Å². The first-order chi connectivity index (χ1) is 11.6. The highest BCUT2D eigenvalue weighted by atomic mass is 79.9. The third-order valence-electron chi connectivity index (χ3n) is 3.72. The molecule has 0 saturated heterocycles. The first-order valence-electron chi connectivity index (χ1n) is 7.32. The number of allylic oxidation sites excluding steroid dienone is 1. The first kappa shape index (κ1) is 19.9. The van der Waals surface area contributed by atoms with Crippen molar-refractivity contribution in [3.8, 4) is 0 Å². The van der Waals surface area contributed by atoms with Crippen LogP contribution in [0.25, 0.3) is 6.08 Å². The lowest BCUT2D eigenvalue weighted by molar-refractivity contribution is -0.139. The van der Waals surface area contributed by atoms with Gasteiger partial charge in [-0.25, -0.2) is 4.39 Å². The number of halogens is 6. The smallest absolute Gasteiger partial charge is 0.326 e. The fourth-order valence-corrected chi connectivity index (χ4v) is 3.22. The Hall–Kier alpha value is -1.37. The summed E-state index contributed by atoms with van der Waals surface area (Å²) in [5, 5.41) is -0.326. The number of nitrogens with two attached hydrogens (primary N) is 1. The summed E-state index contributed by atoms with van der Waals surface area (Å²) in [5.74, 6) is -2.60. The molecule has 1 unspecified atom stereocenters. The summed E-state index contributed by atoms with van der Waals surface area (Å²) in [6, 6.07) is 7.29. The Labute approximate surface area is 156 Å². The normalized spacial score (nSPS) is 13.4. The number of rotatable bonds is 4. The first-order valence-corrected chi connectivity index (χ1v) is 8.49. The van der Waals surface area contributed by atoms with Crippen LogP contribution in [0.3, 0.4) is 0 Å². The Kier molecular flexibility index (Phi) is 6.30. The largest absolute Gasteiger partial charge is 0.399 e. The maximum Gasteiger partial charge on any atom is 0.399 e. The van der Waals surface area contributed by atoms with Crippen LogP contribution in [0.5, 0.6) is 0 Å². The summed E-state index contributed by atoms with van der Waals surface area (Å²) in [6.45, 7) is 1.70. The fraction of sp³-hybridized carbons (Fsp3) is 0.222. The molecule has 1 nitrogen and oxygen atoms in total. The van der Waals surface area contributed by atoms with E-state index in [4.69, 9.17) is 17.3 Å². The third-order valence-corrected chi connectivity index (χ3v) is 4.74. The lowest BCUT2D eigenvalue weighted by Crippen LogP contribution is -2.19. The van der Waals surface area contributed by atoms with Crippen LogP contribution < -0.4 is 5.73 Å². The average molecular weight is 437 g/mol. The molecule has 1 atom stereocenters. The van der Waals surface area contributed by atoms with E-state index < -0.39 is 17.9 Å². The molecule has 0 radical (unpaired) electrons. The molecule has 134 valence electrons. The van der Waals surface area contributed by atoms with Crippen molar-refractivity contribution in [2.24, 2.45) is 5.73 Å². The van der Waals surface area contributed by atoms with Crippen molar-refractivity contribution in [1.82, 2.24) is 0 Å². The molecule has 0 heterocycles. The predicted octanol–water partition coefficient (Wildman–Crippen LogP) is 6.37. The topological polar surface area (TPSA) is 26.0 Å². The summed E-state index contributed by atoms with van der Waals surface area (Å²) in [4.78, 5) is 0. The van der Waals surface area contributed by atoms with E-state index in [9.17, 15) is 17.6 Å². The van der Waals surface area contributed by atoms with Gasteiger partial charge in [-0.1, -0.05) is 57.9 Å². The second-order valence-electron chi connectivity index (χ2n) is 5.57. The third kappa shape index (κ3) is 4.84. The quantitative estimate of drug-likeness (QED) is 0.554. The minimum atomic E-state index is -4.53. The minimum absolute atomic E-state index is 0.0696. The van der Waals surface area contributed by atoms with Gasteiger partial charge in [-0.3, -0.25) is 0 Å². The summed E-state index contributed by atoms with van der Waals surface area (Å²) in [7, 11) is 0. The van der Waals surface area contributed by atoms with Crippen LogP contribution in [0.15, 0.2) is 40.9 Å². The zero-order chi connectivity index (χ0) is 18.8. The SMILES string of the molecule is Cc1cc(C(/C=C/c2ccc(CN)c(Br)c2)C(F)(F)F)cc(Cl)c1F. The molecule has 2 aromatic rings. The number of hydrogen-bond donors (Lipinski definition) is 1. The van der Waals surface area contributed by atoms with Crippen molar-refractivity contribution < 1.29 is 17.6 Å². The molecule has 0 saturated carbocycles. The van der Waals surface area contributed by atoms with Crippen LogP contribution in [-0.4, -0.2) is 6.18 Å². The van der Waals surface area contributed by atoms with Crippen molar-refractivity contribution in [1.29, 1.82) is 0 Å². The van der Waals surface area contributed by atoms with Crippen LogP contribution in [-0.2, 0) is 6.54 Å². The number of alkyl halides is 3. The van der Waals surface area contributed by atoms with E-state index >= 15 is 0 Å². The van der Waals surface area contributed by atoms with Crippen molar-refractivity contribution in [3.63, 3.8) is 0 Å². The van der Waals surface area contributed by atoms with Crippen LogP contribution in [0.4, 0.5) is 17.6 Å². The second-order valence-corrected chi connectivity index (χ2v) is 6.83. The molecule has 0 amide bonds. The highest BCUT2D eigenvalue weighted by Crippen LogP contribution is 2.38. The van der Waals surface area contributed by atoms with E-state index in [0.29, 0.717) is 12.1 Å². The van der Waals surface area contributed by atoms with E-state index in [-0.39, 0.29) is 16.1 Å². The van der Waals surface area contributed by atoms with Gasteiger partial charge in [-0.2, -0.15) is 13.2 Å². The second kappa shape index (κ2) is 7.89. The van der Waals surface area contributed by atoms with Gasteiger partial charge >= 0.3 is 6.18 Å². The lowest BCUT2D eigenvalue weighted by atomic mass is 9.95. The van der Waals surface area contributed by atoms with Gasteiger partial charge in [0, 0.05) is 11.0 Å². The van der Waals surface area contributed by atoms with Crippen LogP contribution in [0, 0.1) is 12.7 Å². The zero-order valence-electron chi connectivity index (χ0n) is 13.2. The molecular weight excluding hydrogens is 422 g/mol. The summed E-state index contributed by atoms with van der Waals surface area (Å²) in [6.07, 6.45) is -2.12. The van der Waals surface area contributed by atoms with E-state index in [2.05, 4.69) is 15.9 Å². The predicted molar refractivity (Wildman–Crippen MR) is 96.0 cm³/mol. The average Bonchev–Trinajstić information content (AvgIpc) is 2.51. The summed E-state index contributed by atoms with van der Waals surface area (Å²) < 4.78 is 54.7. The molecule has 0 bridgehead atoms. The van der Waals surface area contributed by atoms with Gasteiger partial charge in [0.2, 0.25) is 0 Å². The molecule has 0 spiro atoms. The Morgan fingerprint density at radius 1 is 1.24 bits per heavy atom. The molecule has 0 aliphatic heterocycles. The van der Waals surface area contributed by atoms with Gasteiger partial charge in [-0.05, 0) is 41.3 Å². The Bertz CT molecular complexity index is 779. The standard InChI is InChI=1S/C18H15BrClF4N/c1-10-6-13(8-16(20)17(10)21)14(18(22,23)24)5-3-11-2-4-12(9-25)15(19)7-11/h2-8,14H,9,25H2,1H3/b5-3+. The van der Waals surface area contributed by atoms with E-state index in [1.807, 2.05) is 0 Å². The molecule has 25 heavy (non-hydrogen) atoms. The minimum Gasteiger partial charge on any atom is -0.326 e. The number of benzene rings is 2. The maximum absolute atomic E-state index is 13.6. The summed E-state index contributed by atoms with van der Waals surface area (Å²) in [5.41, 5.74) is 6.96. The van der Waals surface area contributed by atoms with Crippen molar-refractivity contribution in [2.75, 3.05) is 0 Å².